The molecule has 2 amide bonds. The molecule has 7 nitrogen and oxygen atoms in total. The lowest BCUT2D eigenvalue weighted by molar-refractivity contribution is -0.121. The van der Waals surface area contributed by atoms with Crippen molar-refractivity contribution >= 4 is 44.9 Å². The fourth-order valence-corrected chi connectivity index (χ4v) is 3.30. The van der Waals surface area contributed by atoms with Gasteiger partial charge in [0.05, 0.1) is 4.91 Å². The third kappa shape index (κ3) is 3.83. The summed E-state index contributed by atoms with van der Waals surface area (Å²) in [4.78, 5) is 32.7. The molecule has 0 aliphatic carbocycles. The first-order valence-electron chi connectivity index (χ1n) is 7.06. The molecule has 9 heteroatoms. The van der Waals surface area contributed by atoms with Crippen LogP contribution in [0.25, 0.3) is 6.08 Å². The van der Waals surface area contributed by atoms with Crippen LogP contribution in [0.5, 0.6) is 11.5 Å². The number of likely N-dealkylation sites (N-methyl/N-ethyl adjacent to an activating group) is 1. The van der Waals surface area contributed by atoms with E-state index in [1.807, 2.05) is 0 Å². The van der Waals surface area contributed by atoms with E-state index in [1.54, 1.807) is 24.5 Å². The summed E-state index contributed by atoms with van der Waals surface area (Å²) < 4.78 is 6.18. The second kappa shape index (κ2) is 7.24. The summed E-state index contributed by atoms with van der Waals surface area (Å²) in [5.41, 5.74) is 1.36. The first kappa shape index (κ1) is 17.4. The van der Waals surface area contributed by atoms with Crippen molar-refractivity contribution in [1.82, 2.24) is 14.9 Å². The van der Waals surface area contributed by atoms with Gasteiger partial charge in [-0.25, -0.2) is 9.97 Å². The number of amides is 2. The van der Waals surface area contributed by atoms with Crippen LogP contribution in [0.3, 0.4) is 0 Å². The van der Waals surface area contributed by atoms with Gasteiger partial charge in [-0.2, -0.15) is 0 Å². The summed E-state index contributed by atoms with van der Waals surface area (Å²) >= 11 is 4.20. The van der Waals surface area contributed by atoms with E-state index >= 15 is 0 Å². The summed E-state index contributed by atoms with van der Waals surface area (Å²) in [6, 6.07) is 3.06. The van der Waals surface area contributed by atoms with Crippen LogP contribution in [0, 0.1) is 0 Å². The molecule has 2 aromatic rings. The van der Waals surface area contributed by atoms with Crippen LogP contribution in [0.4, 0.5) is 4.79 Å². The largest absolute Gasteiger partial charge is 0.504 e. The van der Waals surface area contributed by atoms with E-state index in [-0.39, 0.29) is 29.3 Å². The van der Waals surface area contributed by atoms with Crippen LogP contribution < -0.4 is 4.74 Å². The number of hydrogen-bond donors (Lipinski definition) is 1. The number of phenolic OH excluding ortho intramolecular Hbond substituents is 1. The highest BCUT2D eigenvalue weighted by atomic mass is 79.9. The van der Waals surface area contributed by atoms with Gasteiger partial charge in [-0.05, 0) is 35.5 Å². The molecular formula is C16H12BrN3O4S. The van der Waals surface area contributed by atoms with Crippen molar-refractivity contribution in [3.63, 3.8) is 0 Å². The van der Waals surface area contributed by atoms with Crippen molar-refractivity contribution in [2.75, 3.05) is 7.05 Å². The van der Waals surface area contributed by atoms with Crippen molar-refractivity contribution in [2.45, 2.75) is 6.61 Å². The highest BCUT2D eigenvalue weighted by Crippen LogP contribution is 2.37. The molecule has 1 aliphatic rings. The molecule has 1 fully saturated rings. The third-order valence-electron chi connectivity index (χ3n) is 3.36. The van der Waals surface area contributed by atoms with E-state index in [4.69, 9.17) is 4.74 Å². The van der Waals surface area contributed by atoms with E-state index < -0.39 is 0 Å². The lowest BCUT2D eigenvalue weighted by Gasteiger charge is -2.10. The number of rotatable bonds is 4. The van der Waals surface area contributed by atoms with Crippen LogP contribution in [0.15, 0.2) is 40.2 Å². The Morgan fingerprint density at radius 3 is 2.68 bits per heavy atom. The molecule has 1 aromatic carbocycles. The molecule has 128 valence electrons. The number of imide groups is 1. The van der Waals surface area contributed by atoms with Crippen LogP contribution >= 0.6 is 27.7 Å². The smallest absolute Gasteiger partial charge is 0.293 e. The number of carbonyl (C=O) groups is 2. The zero-order valence-electron chi connectivity index (χ0n) is 13.0. The van der Waals surface area contributed by atoms with Gasteiger partial charge in [0.15, 0.2) is 11.5 Å². The number of halogens is 1. The standard InChI is InChI=1S/C16H12BrN3O4S/c1-20-15(22)14(25-16(20)23)3-10-2-13(12(21)4-11(10)17)24-7-9-5-18-8-19-6-9/h2-6,8,21H,7H2,1H3/b14-3-. The maximum Gasteiger partial charge on any atom is 0.293 e. The predicted octanol–water partition coefficient (Wildman–Crippen LogP) is 3.19. The number of nitrogens with zero attached hydrogens (tertiary/aromatic N) is 3. The Morgan fingerprint density at radius 1 is 1.32 bits per heavy atom. The molecule has 3 rings (SSSR count). The lowest BCUT2D eigenvalue weighted by Crippen LogP contribution is -2.22. The molecule has 0 atom stereocenters. The van der Waals surface area contributed by atoms with Crippen molar-refractivity contribution in [1.29, 1.82) is 0 Å². The molecular weight excluding hydrogens is 410 g/mol. The molecule has 1 aliphatic heterocycles. The molecule has 0 spiro atoms. The normalized spacial score (nSPS) is 15.9. The summed E-state index contributed by atoms with van der Waals surface area (Å²) in [6.07, 6.45) is 6.22. The number of carbonyl (C=O) groups excluding carboxylic acids is 2. The second-order valence-corrected chi connectivity index (χ2v) is 6.97. The zero-order chi connectivity index (χ0) is 18.0. The van der Waals surface area contributed by atoms with Gasteiger partial charge in [-0.3, -0.25) is 14.5 Å². The van der Waals surface area contributed by atoms with Crippen molar-refractivity contribution in [2.24, 2.45) is 0 Å². The first-order valence-corrected chi connectivity index (χ1v) is 8.67. The van der Waals surface area contributed by atoms with E-state index in [0.29, 0.717) is 14.9 Å². The highest BCUT2D eigenvalue weighted by Gasteiger charge is 2.32. The SMILES string of the molecule is CN1C(=O)S/C(=C\c2cc(OCc3cncnc3)c(O)cc2Br)C1=O. The topological polar surface area (TPSA) is 92.6 Å². The molecule has 1 N–H and O–H groups in total. The van der Waals surface area contributed by atoms with Crippen LogP contribution in [0.2, 0.25) is 0 Å². The van der Waals surface area contributed by atoms with Gasteiger partial charge in [0.25, 0.3) is 11.1 Å². The Balaban J connectivity index is 1.86. The van der Waals surface area contributed by atoms with E-state index in [0.717, 1.165) is 22.2 Å². The monoisotopic (exact) mass is 421 g/mol. The summed E-state index contributed by atoms with van der Waals surface area (Å²) in [7, 11) is 1.43. The summed E-state index contributed by atoms with van der Waals surface area (Å²) in [6.45, 7) is 0.181. The van der Waals surface area contributed by atoms with Crippen molar-refractivity contribution < 1.29 is 19.4 Å². The van der Waals surface area contributed by atoms with Gasteiger partial charge in [-0.15, -0.1) is 0 Å². The molecule has 0 unspecified atom stereocenters. The summed E-state index contributed by atoms with van der Waals surface area (Å²) in [5.74, 6) is -0.169. The number of benzene rings is 1. The van der Waals surface area contributed by atoms with E-state index in [1.165, 1.54) is 19.4 Å². The Kier molecular flexibility index (Phi) is 5.05. The number of aromatic hydroxyl groups is 1. The van der Waals surface area contributed by atoms with Gasteiger partial charge in [0.1, 0.15) is 12.9 Å². The second-order valence-electron chi connectivity index (χ2n) is 5.12. The maximum atomic E-state index is 12.0. The fourth-order valence-electron chi connectivity index (χ4n) is 2.04. The van der Waals surface area contributed by atoms with Crippen LogP contribution in [-0.2, 0) is 11.4 Å². The minimum absolute atomic E-state index is 0.0514. The molecule has 0 radical (unpaired) electrons. The van der Waals surface area contributed by atoms with Crippen molar-refractivity contribution in [3.05, 3.63) is 51.4 Å². The minimum atomic E-state index is -0.362. The third-order valence-corrected chi connectivity index (χ3v) is 5.01. The Bertz CT molecular complexity index is 873. The van der Waals surface area contributed by atoms with Gasteiger partial charge in [-0.1, -0.05) is 15.9 Å². The van der Waals surface area contributed by atoms with Gasteiger partial charge >= 0.3 is 0 Å². The van der Waals surface area contributed by atoms with E-state index in [2.05, 4.69) is 25.9 Å². The minimum Gasteiger partial charge on any atom is -0.504 e. The predicted molar refractivity (Wildman–Crippen MR) is 95.9 cm³/mol. The Hall–Kier alpha value is -2.39. The summed E-state index contributed by atoms with van der Waals surface area (Å²) in [5, 5.41) is 9.72. The number of ether oxygens (including phenoxy) is 1. The van der Waals surface area contributed by atoms with Gasteiger partial charge < -0.3 is 9.84 Å². The van der Waals surface area contributed by atoms with Crippen molar-refractivity contribution in [3.8, 4) is 11.5 Å². The van der Waals surface area contributed by atoms with Gasteiger partial charge in [0.2, 0.25) is 0 Å². The molecule has 1 aromatic heterocycles. The number of hydrogen-bond acceptors (Lipinski definition) is 7. The Labute approximate surface area is 155 Å². The first-order chi connectivity index (χ1) is 12.0. The fraction of sp³-hybridized carbons (Fsp3) is 0.125. The molecule has 1 saturated heterocycles. The molecule has 2 heterocycles. The van der Waals surface area contributed by atoms with Crippen LogP contribution in [-0.4, -0.2) is 38.2 Å². The quantitative estimate of drug-likeness (QED) is 0.757. The maximum absolute atomic E-state index is 12.0. The van der Waals surface area contributed by atoms with Gasteiger partial charge in [0, 0.05) is 29.5 Å². The average molecular weight is 422 g/mol. The zero-order valence-corrected chi connectivity index (χ0v) is 15.4. The van der Waals surface area contributed by atoms with E-state index in [9.17, 15) is 14.7 Å². The molecule has 0 bridgehead atoms. The lowest BCUT2D eigenvalue weighted by atomic mass is 10.2. The average Bonchev–Trinajstić information content (AvgIpc) is 2.84. The molecule has 0 saturated carbocycles. The molecule has 25 heavy (non-hydrogen) atoms. The number of aromatic nitrogens is 2. The van der Waals surface area contributed by atoms with Crippen LogP contribution in [0.1, 0.15) is 11.1 Å². The number of phenols is 1. The number of thioether (sulfide) groups is 1. The highest BCUT2D eigenvalue weighted by molar-refractivity contribution is 9.10. The Morgan fingerprint density at radius 2 is 2.04 bits per heavy atom.